The van der Waals surface area contributed by atoms with E-state index in [9.17, 15) is 86.5 Å². The third-order valence-electron chi connectivity index (χ3n) is 19.5. The van der Waals surface area contributed by atoms with E-state index in [1.54, 1.807) is 0 Å². The minimum Gasteiger partial charge on any atom is -0.394 e. The molecule has 7 fully saturated rings. The number of carbonyl (C=O) groups is 1. The number of allylic oxidation sites excluding steroid dienone is 5. The van der Waals surface area contributed by atoms with Crippen molar-refractivity contribution in [2.75, 3.05) is 39.6 Å². The molecule has 474 valence electrons. The zero-order valence-electron chi connectivity index (χ0n) is 47.0. The number of rotatable bonds is 20. The highest BCUT2D eigenvalue weighted by Gasteiger charge is 2.59. The van der Waals surface area contributed by atoms with Crippen molar-refractivity contribution in [3.05, 3.63) is 34.9 Å². The molecule has 0 aromatic heterocycles. The van der Waals surface area contributed by atoms with Gasteiger partial charge in [0.25, 0.3) is 0 Å². The lowest BCUT2D eigenvalue weighted by molar-refractivity contribution is -0.403. The molecular formula is C56H88O27. The van der Waals surface area contributed by atoms with E-state index in [0.29, 0.717) is 25.7 Å². The number of Topliss-reactive ketones (excluding diaryl/α,β-unsaturated/α-hetero) is 1. The van der Waals surface area contributed by atoms with Crippen LogP contribution in [0.25, 0.3) is 0 Å². The number of hydrogen-bond acceptors (Lipinski definition) is 27. The molecule has 83 heavy (non-hydrogen) atoms. The first kappa shape index (κ1) is 65.3. The number of hydrogen-bond donors (Lipinski definition) is 16. The SMILES string of the molecule is C[C@@H](CCC(=O)[C@@H](C)C1=CC=C2[C@@H]3CC=C4C[C@@H](O[C@@H]5O[C@H](CO)[C@H](O[C@@H]6O[C@H](CO)[C@@H](O)[C@H](O[C@@H]7OC[C@@H](O)[C@H](O)[C@H]7O)[C@H]6O[C@@H]6O[C@H](CO)[C@@H](O)[C@H](O)[C@H]6O)[C@H](O)[C@H]5O)CC[C@]4(C)[C@H]3CC[C@]12C)CO[C@@H]1O[C@H](CO)[C@@H](O)[C@H](O)[C@H]1O. The van der Waals surface area contributed by atoms with Gasteiger partial charge in [-0.2, -0.15) is 0 Å². The lowest BCUT2D eigenvalue weighted by atomic mass is 9.48. The van der Waals surface area contributed by atoms with Gasteiger partial charge in [0.2, 0.25) is 0 Å². The van der Waals surface area contributed by atoms with Crippen LogP contribution in [0.1, 0.15) is 79.1 Å². The Kier molecular flexibility index (Phi) is 21.2. The van der Waals surface area contributed by atoms with Crippen LogP contribution in [0.2, 0.25) is 0 Å². The second kappa shape index (κ2) is 26.9. The van der Waals surface area contributed by atoms with Crippen LogP contribution in [0.5, 0.6) is 0 Å². The summed E-state index contributed by atoms with van der Waals surface area (Å²) in [5.74, 6) is 0.151. The number of ketones is 1. The maximum atomic E-state index is 13.9. The Bertz CT molecular complexity index is 2270. The number of ether oxygens (including phenoxy) is 10. The quantitative estimate of drug-likeness (QED) is 0.0508. The summed E-state index contributed by atoms with van der Waals surface area (Å²) in [6, 6.07) is 0. The van der Waals surface area contributed by atoms with Gasteiger partial charge in [-0.05, 0) is 68.1 Å². The van der Waals surface area contributed by atoms with Gasteiger partial charge in [0.1, 0.15) is 122 Å². The average Bonchev–Trinajstić information content (AvgIpc) is 3.19. The van der Waals surface area contributed by atoms with E-state index in [-0.39, 0.29) is 46.9 Å². The van der Waals surface area contributed by atoms with Crippen molar-refractivity contribution in [1.29, 1.82) is 0 Å². The van der Waals surface area contributed by atoms with Crippen molar-refractivity contribution in [2.45, 2.75) is 233 Å². The molecule has 31 atom stereocenters. The van der Waals surface area contributed by atoms with Crippen LogP contribution in [0.4, 0.5) is 0 Å². The molecule has 0 unspecified atom stereocenters. The Balaban J connectivity index is 0.823. The van der Waals surface area contributed by atoms with E-state index in [2.05, 4.69) is 32.1 Å². The second-order valence-corrected chi connectivity index (χ2v) is 24.7. The van der Waals surface area contributed by atoms with Crippen molar-refractivity contribution < 1.29 is 134 Å². The third-order valence-corrected chi connectivity index (χ3v) is 19.5. The summed E-state index contributed by atoms with van der Waals surface area (Å²) in [6.45, 7) is 4.80. The molecule has 0 aromatic carbocycles. The molecule has 0 bridgehead atoms. The van der Waals surface area contributed by atoms with Gasteiger partial charge in [0, 0.05) is 17.8 Å². The Labute approximate surface area is 480 Å². The van der Waals surface area contributed by atoms with Gasteiger partial charge >= 0.3 is 0 Å². The molecule has 27 heteroatoms. The average molecular weight is 1190 g/mol. The van der Waals surface area contributed by atoms with Gasteiger partial charge in [-0.15, -0.1) is 0 Å². The summed E-state index contributed by atoms with van der Waals surface area (Å²) in [4.78, 5) is 13.9. The summed E-state index contributed by atoms with van der Waals surface area (Å²) in [7, 11) is 0. The fraction of sp³-hybridized carbons (Fsp3) is 0.875. The minimum absolute atomic E-state index is 0.0964. The zero-order chi connectivity index (χ0) is 60.1. The highest BCUT2D eigenvalue weighted by atomic mass is 16.8. The fourth-order valence-electron chi connectivity index (χ4n) is 14.2. The molecule has 4 aliphatic carbocycles. The standard InChI is InChI=1S/C56H88O27/c1-22(20-74-50-44(71)40(67)37(64)32(16-57)77-50)5-10-30(61)23(2)27-8-9-28-26-7-6-24-15-25(11-13-55(24,3)29(26)12-14-56(27,28)4)76-52-46(73)42(69)47(35(19-60)80-52)81-54-49(83-53-45(72)41(68)38(65)33(17-58)78-53)48(39(66)34(18-59)79-54)82-51-43(70)36(63)31(62)21-75-51/h6,8-9,22-23,25-26,29,31-54,57-60,62-73H,5,7,10-21H2,1-4H3/t22-,23-,25-,26-,29-,31+,32+,33+,34+,35+,36-,37+,38+,39+,40-,41-,42+,43+,44+,45+,46+,47-,48-,49+,50+,51-,52+,53-,54-,55-,56+/m0/s1. The maximum Gasteiger partial charge on any atom is 0.187 e. The number of aliphatic hydroxyl groups is 16. The van der Waals surface area contributed by atoms with E-state index in [4.69, 9.17) is 47.4 Å². The molecule has 2 saturated carbocycles. The van der Waals surface area contributed by atoms with Gasteiger partial charge in [0.05, 0.1) is 45.7 Å². The molecule has 9 aliphatic rings. The topological polar surface area (TPSA) is 433 Å². The van der Waals surface area contributed by atoms with E-state index >= 15 is 0 Å². The van der Waals surface area contributed by atoms with Crippen molar-refractivity contribution in [3.8, 4) is 0 Å². The number of fused-ring (bicyclic) bond motifs is 5. The molecule has 16 N–H and O–H groups in total. The Morgan fingerprint density at radius 1 is 0.590 bits per heavy atom. The van der Waals surface area contributed by atoms with E-state index < -0.39 is 187 Å². The summed E-state index contributed by atoms with van der Waals surface area (Å²) < 4.78 is 58.9. The van der Waals surface area contributed by atoms with Crippen LogP contribution in [0, 0.1) is 34.5 Å². The van der Waals surface area contributed by atoms with Gasteiger partial charge in [-0.1, -0.05) is 62.6 Å². The molecule has 27 nitrogen and oxygen atoms in total. The predicted octanol–water partition coefficient (Wildman–Crippen LogP) is -4.86. The van der Waals surface area contributed by atoms with E-state index in [1.165, 1.54) is 11.1 Å². The van der Waals surface area contributed by atoms with Crippen LogP contribution in [-0.4, -0.2) is 281 Å². The van der Waals surface area contributed by atoms with E-state index in [1.807, 2.05) is 13.8 Å². The lowest BCUT2D eigenvalue weighted by Crippen LogP contribution is -2.68. The lowest BCUT2D eigenvalue weighted by Gasteiger charge is -2.56. The van der Waals surface area contributed by atoms with Crippen molar-refractivity contribution in [1.82, 2.24) is 0 Å². The monoisotopic (exact) mass is 1190 g/mol. The summed E-state index contributed by atoms with van der Waals surface area (Å²) >= 11 is 0. The van der Waals surface area contributed by atoms with Crippen LogP contribution in [-0.2, 0) is 52.2 Å². The molecule has 5 aliphatic heterocycles. The summed E-state index contributed by atoms with van der Waals surface area (Å²) in [6.07, 6.45) is -29.5. The maximum absolute atomic E-state index is 13.9. The first-order valence-corrected chi connectivity index (χ1v) is 29.1. The Morgan fingerprint density at radius 3 is 1.81 bits per heavy atom. The third kappa shape index (κ3) is 12.7. The number of carbonyl (C=O) groups excluding carboxylic acids is 1. The van der Waals surface area contributed by atoms with Crippen LogP contribution >= 0.6 is 0 Å². The van der Waals surface area contributed by atoms with E-state index in [0.717, 1.165) is 31.3 Å². The zero-order valence-corrected chi connectivity index (χ0v) is 47.0. The van der Waals surface area contributed by atoms with Crippen LogP contribution in [0.15, 0.2) is 34.9 Å². The van der Waals surface area contributed by atoms with Gasteiger partial charge in [0.15, 0.2) is 31.5 Å². The van der Waals surface area contributed by atoms with Crippen molar-refractivity contribution >= 4 is 5.78 Å². The first-order valence-electron chi connectivity index (χ1n) is 29.1. The molecule has 0 amide bonds. The Hall–Kier alpha value is -2.15. The largest absolute Gasteiger partial charge is 0.394 e. The smallest absolute Gasteiger partial charge is 0.187 e. The van der Waals surface area contributed by atoms with Gasteiger partial charge < -0.3 is 129 Å². The fourth-order valence-corrected chi connectivity index (χ4v) is 14.2. The Morgan fingerprint density at radius 2 is 1.14 bits per heavy atom. The number of aliphatic hydroxyl groups excluding tert-OH is 16. The van der Waals surface area contributed by atoms with Crippen LogP contribution < -0.4 is 0 Å². The molecule has 0 radical (unpaired) electrons. The molecule has 5 saturated heterocycles. The highest BCUT2D eigenvalue weighted by Crippen LogP contribution is 2.64. The van der Waals surface area contributed by atoms with Crippen molar-refractivity contribution in [2.24, 2.45) is 34.5 Å². The molecule has 0 spiro atoms. The summed E-state index contributed by atoms with van der Waals surface area (Å²) in [5, 5.41) is 170. The second-order valence-electron chi connectivity index (χ2n) is 24.7. The molecule has 5 heterocycles. The first-order chi connectivity index (χ1) is 39.4. The molecule has 0 aromatic rings. The molecular weight excluding hydrogens is 1100 g/mol. The minimum atomic E-state index is -2.03. The summed E-state index contributed by atoms with van der Waals surface area (Å²) in [5.41, 5.74) is 3.08. The van der Waals surface area contributed by atoms with Gasteiger partial charge in [-0.25, -0.2) is 0 Å². The van der Waals surface area contributed by atoms with Crippen LogP contribution in [0.3, 0.4) is 0 Å². The highest BCUT2D eigenvalue weighted by molar-refractivity contribution is 5.84. The normalized spacial score (nSPS) is 49.1. The van der Waals surface area contributed by atoms with Gasteiger partial charge in [-0.3, -0.25) is 4.79 Å². The predicted molar refractivity (Wildman–Crippen MR) is 278 cm³/mol. The molecule has 9 rings (SSSR count). The van der Waals surface area contributed by atoms with Crippen molar-refractivity contribution in [3.63, 3.8) is 0 Å².